The van der Waals surface area contributed by atoms with Gasteiger partial charge in [-0.05, 0) is 30.7 Å². The number of nitrogens with one attached hydrogen (secondary N) is 1. The Hall–Kier alpha value is -3.40. The summed E-state index contributed by atoms with van der Waals surface area (Å²) in [6, 6.07) is 4.31. The van der Waals surface area contributed by atoms with Gasteiger partial charge in [0.1, 0.15) is 16.1 Å². The van der Waals surface area contributed by atoms with Crippen molar-refractivity contribution in [3.63, 3.8) is 0 Å². The van der Waals surface area contributed by atoms with E-state index >= 15 is 0 Å². The predicted molar refractivity (Wildman–Crippen MR) is 94.1 cm³/mol. The Labute approximate surface area is 148 Å². The number of phenols is 1. The maximum absolute atomic E-state index is 12.7. The van der Waals surface area contributed by atoms with Crippen molar-refractivity contribution in [3.05, 3.63) is 61.1 Å². The number of nitrogens with zero attached hydrogens (tertiary/aromatic N) is 1. The number of nitrogens with two attached hydrogens (primary N) is 1. The summed E-state index contributed by atoms with van der Waals surface area (Å²) in [6.45, 7) is 1.55. The summed E-state index contributed by atoms with van der Waals surface area (Å²) < 4.78 is 0.926. The van der Waals surface area contributed by atoms with Gasteiger partial charge in [-0.2, -0.15) is 0 Å². The lowest BCUT2D eigenvalue weighted by atomic mass is 10.0. The molecule has 134 valence electrons. The first-order chi connectivity index (χ1) is 12.2. The summed E-state index contributed by atoms with van der Waals surface area (Å²) in [7, 11) is 0. The van der Waals surface area contributed by atoms with Crippen molar-refractivity contribution in [2.24, 2.45) is 5.73 Å². The van der Waals surface area contributed by atoms with Crippen LogP contribution in [0.3, 0.4) is 0 Å². The first kappa shape index (κ1) is 17.4. The Bertz CT molecular complexity index is 1170. The lowest BCUT2D eigenvalue weighted by Crippen LogP contribution is -2.37. The highest BCUT2D eigenvalue weighted by Crippen LogP contribution is 2.25. The molecule has 0 aliphatic rings. The minimum absolute atomic E-state index is 0.140. The number of carboxylic acid groups (broad SMARTS) is 1. The summed E-state index contributed by atoms with van der Waals surface area (Å²) >= 11 is 0.909. The molecule has 10 heteroatoms. The van der Waals surface area contributed by atoms with Crippen molar-refractivity contribution >= 4 is 33.4 Å². The number of aromatic carboxylic acids is 1. The van der Waals surface area contributed by atoms with Crippen molar-refractivity contribution < 1.29 is 19.8 Å². The standard InChI is InChI=1S/C16H13N3O6S/c1-6(7-2-3-8(15(23)24)10(20)4-7)19-14(22)9-5-11(12(17)21)26-13(9)18-16(19)25/h2-6,20H,1H3,(H2,17,21)(H,18,25)(H,23,24). The fourth-order valence-corrected chi connectivity index (χ4v) is 3.53. The Kier molecular flexibility index (Phi) is 4.12. The SMILES string of the molecule is CC(c1ccc(C(=O)O)c(O)c1)n1c(=O)[nH]c2sc(C(N)=O)cc2c1=O. The number of rotatable bonds is 4. The van der Waals surface area contributed by atoms with Crippen LogP contribution < -0.4 is 17.0 Å². The van der Waals surface area contributed by atoms with Gasteiger partial charge < -0.3 is 15.9 Å². The molecule has 5 N–H and O–H groups in total. The van der Waals surface area contributed by atoms with Crippen LogP contribution in [0.15, 0.2) is 33.9 Å². The molecule has 0 saturated heterocycles. The van der Waals surface area contributed by atoms with Gasteiger partial charge in [0, 0.05) is 0 Å². The Morgan fingerprint density at radius 1 is 1.27 bits per heavy atom. The Morgan fingerprint density at radius 3 is 2.54 bits per heavy atom. The normalized spacial score (nSPS) is 12.2. The lowest BCUT2D eigenvalue weighted by Gasteiger charge is -2.15. The summed E-state index contributed by atoms with van der Waals surface area (Å²) in [4.78, 5) is 50.2. The van der Waals surface area contributed by atoms with Gasteiger partial charge in [0.15, 0.2) is 0 Å². The van der Waals surface area contributed by atoms with Crippen LogP contribution in [-0.4, -0.2) is 31.6 Å². The molecule has 0 saturated carbocycles. The molecule has 1 amide bonds. The van der Waals surface area contributed by atoms with Crippen molar-refractivity contribution in [2.75, 3.05) is 0 Å². The Balaban J connectivity index is 2.17. The largest absolute Gasteiger partial charge is 0.507 e. The highest BCUT2D eigenvalue weighted by atomic mass is 32.1. The average molecular weight is 375 g/mol. The third kappa shape index (κ3) is 2.75. The number of thiophene rings is 1. The first-order valence-electron chi connectivity index (χ1n) is 7.35. The number of carbonyl (C=O) groups excluding carboxylic acids is 1. The molecule has 1 unspecified atom stereocenters. The quantitative estimate of drug-likeness (QED) is 0.530. The number of hydrogen-bond acceptors (Lipinski definition) is 6. The summed E-state index contributed by atoms with van der Waals surface area (Å²) in [5, 5.41) is 18.9. The van der Waals surface area contributed by atoms with Gasteiger partial charge in [0.05, 0.1) is 16.3 Å². The van der Waals surface area contributed by atoms with Gasteiger partial charge in [0.2, 0.25) is 0 Å². The zero-order valence-electron chi connectivity index (χ0n) is 13.3. The molecule has 3 aromatic rings. The fraction of sp³-hybridized carbons (Fsp3) is 0.125. The number of aromatic nitrogens is 2. The monoisotopic (exact) mass is 375 g/mol. The van der Waals surface area contributed by atoms with Crippen LogP contribution in [0.4, 0.5) is 0 Å². The second-order valence-corrected chi connectivity index (χ2v) is 6.63. The van der Waals surface area contributed by atoms with Crippen LogP contribution in [0.5, 0.6) is 5.75 Å². The number of benzene rings is 1. The number of aromatic amines is 1. The molecule has 26 heavy (non-hydrogen) atoms. The summed E-state index contributed by atoms with van der Waals surface area (Å²) in [6.07, 6.45) is 0. The second kappa shape index (κ2) is 6.15. The van der Waals surface area contributed by atoms with E-state index < -0.39 is 34.9 Å². The second-order valence-electron chi connectivity index (χ2n) is 5.58. The van der Waals surface area contributed by atoms with Crippen LogP contribution in [-0.2, 0) is 0 Å². The lowest BCUT2D eigenvalue weighted by molar-refractivity contribution is 0.0693. The smallest absolute Gasteiger partial charge is 0.339 e. The number of amides is 1. The van der Waals surface area contributed by atoms with Gasteiger partial charge in [-0.25, -0.2) is 9.59 Å². The topological polar surface area (TPSA) is 155 Å². The molecular weight excluding hydrogens is 362 g/mol. The molecule has 1 atom stereocenters. The summed E-state index contributed by atoms with van der Waals surface area (Å²) in [5.41, 5.74) is 3.96. The number of carboxylic acids is 1. The highest BCUT2D eigenvalue weighted by molar-refractivity contribution is 7.20. The minimum Gasteiger partial charge on any atom is -0.507 e. The molecule has 0 aliphatic carbocycles. The van der Waals surface area contributed by atoms with Crippen molar-refractivity contribution in [1.29, 1.82) is 0 Å². The third-order valence-electron chi connectivity index (χ3n) is 3.99. The van der Waals surface area contributed by atoms with E-state index in [1.807, 2.05) is 0 Å². The average Bonchev–Trinajstić information content (AvgIpc) is 2.98. The van der Waals surface area contributed by atoms with E-state index in [-0.39, 0.29) is 20.7 Å². The highest BCUT2D eigenvalue weighted by Gasteiger charge is 2.20. The van der Waals surface area contributed by atoms with E-state index in [0.717, 1.165) is 15.9 Å². The first-order valence-corrected chi connectivity index (χ1v) is 8.16. The number of fused-ring (bicyclic) bond motifs is 1. The van der Waals surface area contributed by atoms with E-state index in [1.54, 1.807) is 6.92 Å². The third-order valence-corrected chi connectivity index (χ3v) is 5.05. The number of hydrogen-bond donors (Lipinski definition) is 4. The molecular formula is C16H13N3O6S. The van der Waals surface area contributed by atoms with Crippen LogP contribution in [0.25, 0.3) is 10.2 Å². The van der Waals surface area contributed by atoms with Crippen LogP contribution in [0, 0.1) is 0 Å². The van der Waals surface area contributed by atoms with Crippen LogP contribution in [0.2, 0.25) is 0 Å². The zero-order valence-corrected chi connectivity index (χ0v) is 14.2. The van der Waals surface area contributed by atoms with Gasteiger partial charge in [-0.3, -0.25) is 19.1 Å². The molecule has 0 spiro atoms. The number of H-pyrrole nitrogens is 1. The molecule has 9 nitrogen and oxygen atoms in total. The predicted octanol–water partition coefficient (Wildman–Crippen LogP) is 0.863. The minimum atomic E-state index is -1.30. The van der Waals surface area contributed by atoms with Crippen molar-refractivity contribution in [3.8, 4) is 5.75 Å². The van der Waals surface area contributed by atoms with Crippen LogP contribution in [0.1, 0.15) is 38.6 Å². The van der Waals surface area contributed by atoms with Gasteiger partial charge in [0.25, 0.3) is 11.5 Å². The molecule has 0 fully saturated rings. The number of primary amides is 1. The van der Waals surface area contributed by atoms with E-state index in [9.17, 15) is 24.3 Å². The fourth-order valence-electron chi connectivity index (χ4n) is 2.63. The summed E-state index contributed by atoms with van der Waals surface area (Å²) in [5.74, 6) is -2.48. The molecule has 0 aliphatic heterocycles. The zero-order chi connectivity index (χ0) is 19.2. The molecule has 3 rings (SSSR count). The maximum atomic E-state index is 12.7. The molecule has 0 radical (unpaired) electrons. The molecule has 2 heterocycles. The van der Waals surface area contributed by atoms with Gasteiger partial charge >= 0.3 is 11.7 Å². The van der Waals surface area contributed by atoms with E-state index in [2.05, 4.69) is 4.98 Å². The Morgan fingerprint density at radius 2 is 1.96 bits per heavy atom. The number of aromatic hydroxyl groups is 1. The van der Waals surface area contributed by atoms with Crippen molar-refractivity contribution in [1.82, 2.24) is 9.55 Å². The van der Waals surface area contributed by atoms with E-state index in [4.69, 9.17) is 10.8 Å². The van der Waals surface area contributed by atoms with Gasteiger partial charge in [-0.1, -0.05) is 6.07 Å². The maximum Gasteiger partial charge on any atom is 0.339 e. The number of carbonyl (C=O) groups is 2. The molecule has 1 aromatic carbocycles. The van der Waals surface area contributed by atoms with E-state index in [0.29, 0.717) is 5.56 Å². The van der Waals surface area contributed by atoms with Gasteiger partial charge in [-0.15, -0.1) is 11.3 Å². The molecule has 0 bridgehead atoms. The van der Waals surface area contributed by atoms with Crippen molar-refractivity contribution in [2.45, 2.75) is 13.0 Å². The van der Waals surface area contributed by atoms with Crippen LogP contribution >= 0.6 is 11.3 Å². The van der Waals surface area contributed by atoms with E-state index in [1.165, 1.54) is 24.3 Å². The molecule has 2 aromatic heterocycles.